The van der Waals surface area contributed by atoms with Gasteiger partial charge in [0.15, 0.2) is 0 Å². The minimum absolute atomic E-state index is 0.0109. The van der Waals surface area contributed by atoms with Crippen molar-refractivity contribution in [3.63, 3.8) is 0 Å². The monoisotopic (exact) mass is 490 g/mol. The second-order valence-electron chi connectivity index (χ2n) is 8.70. The highest BCUT2D eigenvalue weighted by Crippen LogP contribution is 2.33. The summed E-state index contributed by atoms with van der Waals surface area (Å²) in [5, 5.41) is 12.7. The van der Waals surface area contributed by atoms with E-state index in [1.165, 1.54) is 4.90 Å². The number of aromatic nitrogens is 1. The molecule has 190 valence electrons. The minimum Gasteiger partial charge on any atom is -0.481 e. The first-order chi connectivity index (χ1) is 17.4. The van der Waals surface area contributed by atoms with E-state index >= 15 is 0 Å². The largest absolute Gasteiger partial charge is 0.481 e. The number of rotatable bonds is 12. The number of aryl methyl sites for hydroxylation is 1. The van der Waals surface area contributed by atoms with Gasteiger partial charge in [0, 0.05) is 37.0 Å². The summed E-state index contributed by atoms with van der Waals surface area (Å²) in [5.41, 5.74) is 10.3. The normalized spacial score (nSPS) is 10.8. The van der Waals surface area contributed by atoms with E-state index in [0.717, 1.165) is 46.1 Å². The molecule has 0 aliphatic rings. The molecule has 1 aromatic heterocycles. The summed E-state index contributed by atoms with van der Waals surface area (Å²) in [5.74, 6) is -1.36. The van der Waals surface area contributed by atoms with E-state index in [1.807, 2.05) is 61.5 Å². The lowest BCUT2D eigenvalue weighted by atomic mass is 9.92. The Balaban J connectivity index is 1.89. The molecule has 0 saturated heterocycles. The molecule has 0 unspecified atom stereocenters. The van der Waals surface area contributed by atoms with E-state index in [-0.39, 0.29) is 31.7 Å². The number of benzene rings is 2. The molecule has 8 nitrogen and oxygen atoms in total. The van der Waals surface area contributed by atoms with Gasteiger partial charge in [0.2, 0.25) is 5.91 Å². The van der Waals surface area contributed by atoms with Crippen LogP contribution in [-0.2, 0) is 16.0 Å². The van der Waals surface area contributed by atoms with E-state index in [1.54, 1.807) is 0 Å². The fourth-order valence-electron chi connectivity index (χ4n) is 4.26. The van der Waals surface area contributed by atoms with Crippen molar-refractivity contribution in [2.24, 2.45) is 5.73 Å². The number of unbranched alkanes of at least 4 members (excludes halogenated alkanes) is 1. The molecule has 0 bridgehead atoms. The van der Waals surface area contributed by atoms with Gasteiger partial charge in [-0.2, -0.15) is 0 Å². The van der Waals surface area contributed by atoms with E-state index < -0.39 is 12.0 Å². The van der Waals surface area contributed by atoms with Gasteiger partial charge in [-0.15, -0.1) is 0 Å². The molecular weight excluding hydrogens is 456 g/mol. The summed E-state index contributed by atoms with van der Waals surface area (Å²) in [6.07, 6.45) is 1.96. The van der Waals surface area contributed by atoms with Crippen molar-refractivity contribution in [1.29, 1.82) is 0 Å². The van der Waals surface area contributed by atoms with Gasteiger partial charge >= 0.3 is 12.0 Å². The van der Waals surface area contributed by atoms with E-state index in [4.69, 9.17) is 15.8 Å². The number of fused-ring (bicyclic) bond motifs is 1. The molecule has 3 amide bonds. The Labute approximate surface area is 211 Å². The Morgan fingerprint density at radius 2 is 1.69 bits per heavy atom. The second kappa shape index (κ2) is 13.3. The van der Waals surface area contributed by atoms with Gasteiger partial charge < -0.3 is 16.2 Å². The molecule has 8 heteroatoms. The van der Waals surface area contributed by atoms with Crippen LogP contribution >= 0.6 is 0 Å². The van der Waals surface area contributed by atoms with Crippen molar-refractivity contribution < 1.29 is 19.5 Å². The zero-order valence-corrected chi connectivity index (χ0v) is 20.7. The quantitative estimate of drug-likeness (QED) is 0.325. The number of carbonyl (C=O) groups is 3. The first-order valence-corrected chi connectivity index (χ1v) is 12.4. The standard InChI is InChI=1S/C28H34N4O4/c1-20-22(27(21-10-3-2-4-11-21)23-12-5-6-13-24(23)31-20)16-19-32(25(33)14-9-15-26(34)35)28(36)30-18-8-7-17-29/h2-6,10-13H,7-9,14-19,29H2,1H3,(H,30,36)(H,34,35). The Kier molecular flexibility index (Phi) is 9.94. The van der Waals surface area contributed by atoms with Crippen molar-refractivity contribution in [3.05, 3.63) is 65.9 Å². The van der Waals surface area contributed by atoms with Crippen LogP contribution in [0.5, 0.6) is 0 Å². The molecule has 0 atom stereocenters. The number of pyridine rings is 1. The van der Waals surface area contributed by atoms with Gasteiger partial charge in [0.25, 0.3) is 0 Å². The third-order valence-electron chi connectivity index (χ3n) is 6.08. The third kappa shape index (κ3) is 7.11. The van der Waals surface area contributed by atoms with Crippen LogP contribution in [0.3, 0.4) is 0 Å². The van der Waals surface area contributed by atoms with E-state index in [9.17, 15) is 14.4 Å². The van der Waals surface area contributed by atoms with Gasteiger partial charge in [0.05, 0.1) is 5.52 Å². The van der Waals surface area contributed by atoms with Crippen molar-refractivity contribution in [1.82, 2.24) is 15.2 Å². The first kappa shape index (κ1) is 26.8. The number of carbonyl (C=O) groups excluding carboxylic acids is 2. The molecule has 36 heavy (non-hydrogen) atoms. The fourth-order valence-corrected chi connectivity index (χ4v) is 4.26. The average Bonchev–Trinajstić information content (AvgIpc) is 2.87. The maximum Gasteiger partial charge on any atom is 0.324 e. The van der Waals surface area contributed by atoms with Crippen LogP contribution in [0.4, 0.5) is 4.79 Å². The number of amides is 3. The summed E-state index contributed by atoms with van der Waals surface area (Å²) in [4.78, 5) is 42.8. The van der Waals surface area contributed by atoms with Gasteiger partial charge in [-0.3, -0.25) is 19.5 Å². The molecule has 0 spiro atoms. The van der Waals surface area contributed by atoms with Crippen molar-refractivity contribution in [2.45, 2.75) is 45.4 Å². The lowest BCUT2D eigenvalue weighted by Gasteiger charge is -2.23. The van der Waals surface area contributed by atoms with Crippen LogP contribution in [-0.4, -0.2) is 52.5 Å². The Morgan fingerprint density at radius 3 is 2.42 bits per heavy atom. The van der Waals surface area contributed by atoms with Gasteiger partial charge in [0.1, 0.15) is 0 Å². The Hall–Kier alpha value is -3.78. The summed E-state index contributed by atoms with van der Waals surface area (Å²) in [6, 6.07) is 17.5. The summed E-state index contributed by atoms with van der Waals surface area (Å²) >= 11 is 0. The number of nitrogens with zero attached hydrogens (tertiary/aromatic N) is 2. The molecule has 1 heterocycles. The smallest absolute Gasteiger partial charge is 0.324 e. The van der Waals surface area contributed by atoms with Crippen LogP contribution in [0.2, 0.25) is 0 Å². The van der Waals surface area contributed by atoms with Crippen molar-refractivity contribution in [2.75, 3.05) is 19.6 Å². The molecular formula is C28H34N4O4. The fraction of sp³-hybridized carbons (Fsp3) is 0.357. The van der Waals surface area contributed by atoms with Crippen LogP contribution < -0.4 is 11.1 Å². The van der Waals surface area contributed by atoms with Crippen LogP contribution in [0.15, 0.2) is 54.6 Å². The number of carboxylic acids is 1. The van der Waals surface area contributed by atoms with Crippen molar-refractivity contribution in [3.8, 4) is 11.1 Å². The topological polar surface area (TPSA) is 126 Å². The minimum atomic E-state index is -0.967. The van der Waals surface area contributed by atoms with E-state index in [0.29, 0.717) is 19.5 Å². The molecule has 0 radical (unpaired) electrons. The number of hydrogen-bond acceptors (Lipinski definition) is 5. The molecule has 4 N–H and O–H groups in total. The number of nitrogens with one attached hydrogen (secondary N) is 1. The molecule has 3 aromatic rings. The maximum absolute atomic E-state index is 13.0. The Morgan fingerprint density at radius 1 is 0.972 bits per heavy atom. The lowest BCUT2D eigenvalue weighted by molar-refractivity contribution is -0.137. The molecule has 0 aliphatic heterocycles. The van der Waals surface area contributed by atoms with Gasteiger partial charge in [-0.1, -0.05) is 48.5 Å². The number of hydrogen-bond donors (Lipinski definition) is 3. The summed E-state index contributed by atoms with van der Waals surface area (Å²) in [7, 11) is 0. The predicted molar refractivity (Wildman–Crippen MR) is 141 cm³/mol. The Bertz CT molecular complexity index is 1200. The van der Waals surface area contributed by atoms with Crippen LogP contribution in [0, 0.1) is 6.92 Å². The lowest BCUT2D eigenvalue weighted by Crippen LogP contribution is -2.45. The van der Waals surface area contributed by atoms with E-state index in [2.05, 4.69) is 5.32 Å². The number of imide groups is 1. The first-order valence-electron chi connectivity index (χ1n) is 12.4. The summed E-state index contributed by atoms with van der Waals surface area (Å²) < 4.78 is 0. The number of urea groups is 1. The highest BCUT2D eigenvalue weighted by Gasteiger charge is 2.23. The van der Waals surface area contributed by atoms with Gasteiger partial charge in [-0.05, 0) is 61.9 Å². The average molecular weight is 491 g/mol. The van der Waals surface area contributed by atoms with Crippen LogP contribution in [0.25, 0.3) is 22.0 Å². The zero-order valence-electron chi connectivity index (χ0n) is 20.7. The SMILES string of the molecule is Cc1nc2ccccc2c(-c2ccccc2)c1CCN(C(=O)CCCC(=O)O)C(=O)NCCCCN. The van der Waals surface area contributed by atoms with Crippen LogP contribution in [0.1, 0.15) is 43.4 Å². The molecule has 3 rings (SSSR count). The van der Waals surface area contributed by atoms with Gasteiger partial charge in [-0.25, -0.2) is 4.79 Å². The highest BCUT2D eigenvalue weighted by molar-refractivity contribution is 5.97. The summed E-state index contributed by atoms with van der Waals surface area (Å²) in [6.45, 7) is 3.06. The molecule has 2 aromatic carbocycles. The predicted octanol–water partition coefficient (Wildman–Crippen LogP) is 4.28. The number of carboxylic acid groups (broad SMARTS) is 1. The number of para-hydroxylation sites is 1. The second-order valence-corrected chi connectivity index (χ2v) is 8.70. The van der Waals surface area contributed by atoms with Crippen molar-refractivity contribution >= 4 is 28.8 Å². The third-order valence-corrected chi connectivity index (χ3v) is 6.08. The number of nitrogens with two attached hydrogens (primary N) is 1. The maximum atomic E-state index is 13.0. The molecule has 0 fully saturated rings. The molecule has 0 saturated carbocycles. The zero-order chi connectivity index (χ0) is 25.9. The number of aliphatic carboxylic acids is 1. The highest BCUT2D eigenvalue weighted by atomic mass is 16.4. The molecule has 0 aliphatic carbocycles.